The van der Waals surface area contributed by atoms with Gasteiger partial charge >= 0.3 is 0 Å². The monoisotopic (exact) mass is 495 g/mol. The second-order valence-corrected chi connectivity index (χ2v) is 11.4. The second-order valence-electron chi connectivity index (χ2n) is 11.4. The van der Waals surface area contributed by atoms with Crippen LogP contribution in [-0.4, -0.2) is 71.7 Å². The van der Waals surface area contributed by atoms with Crippen LogP contribution in [0.15, 0.2) is 18.2 Å². The largest absolute Gasteiger partial charge is 0.339 e. The van der Waals surface area contributed by atoms with E-state index in [-0.39, 0.29) is 35.8 Å². The van der Waals surface area contributed by atoms with Gasteiger partial charge in [0, 0.05) is 56.0 Å². The maximum atomic E-state index is 13.6. The fourth-order valence-electron chi connectivity index (χ4n) is 6.51. The lowest BCUT2D eigenvalue weighted by Crippen LogP contribution is -2.40. The molecule has 0 atom stereocenters. The topological polar surface area (TPSA) is 60.9 Å². The van der Waals surface area contributed by atoms with Crippen LogP contribution in [0.3, 0.4) is 0 Å². The normalized spacial score (nSPS) is 20.1. The van der Waals surface area contributed by atoms with Crippen molar-refractivity contribution in [3.63, 3.8) is 0 Å². The molecule has 0 heterocycles. The molecule has 4 rings (SSSR count). The molecule has 3 amide bonds. The molecule has 0 aliphatic heterocycles. The molecule has 0 spiro atoms. The fraction of sp³-hybridized carbons (Fsp3) is 0.700. The molecule has 1 aromatic rings. The zero-order valence-corrected chi connectivity index (χ0v) is 22.6. The Balaban J connectivity index is 1.63. The number of nitrogens with zero attached hydrogens (tertiary/aromatic N) is 3. The lowest BCUT2D eigenvalue weighted by Gasteiger charge is -2.33. The van der Waals surface area contributed by atoms with Crippen molar-refractivity contribution in [1.82, 2.24) is 14.7 Å². The predicted molar refractivity (Wildman–Crippen MR) is 143 cm³/mol. The molecule has 198 valence electrons. The summed E-state index contributed by atoms with van der Waals surface area (Å²) in [6.45, 7) is 0. The van der Waals surface area contributed by atoms with Crippen molar-refractivity contribution in [3.8, 4) is 0 Å². The van der Waals surface area contributed by atoms with Crippen molar-refractivity contribution < 1.29 is 14.4 Å². The molecule has 1 aromatic carbocycles. The minimum atomic E-state index is -0.0914. The number of carbonyl (C=O) groups excluding carboxylic acids is 3. The van der Waals surface area contributed by atoms with E-state index in [9.17, 15) is 14.4 Å². The van der Waals surface area contributed by atoms with Gasteiger partial charge < -0.3 is 14.7 Å². The second kappa shape index (κ2) is 12.2. The Kier molecular flexibility index (Phi) is 9.08. The van der Waals surface area contributed by atoms with E-state index < -0.39 is 0 Å². The Hall–Kier alpha value is -2.37. The minimum Gasteiger partial charge on any atom is -0.339 e. The molecule has 3 saturated carbocycles. The van der Waals surface area contributed by atoms with Crippen LogP contribution in [0.2, 0.25) is 0 Å². The van der Waals surface area contributed by atoms with Gasteiger partial charge in [0.2, 0.25) is 0 Å². The van der Waals surface area contributed by atoms with Crippen LogP contribution >= 0.6 is 0 Å². The van der Waals surface area contributed by atoms with E-state index in [0.717, 1.165) is 77.0 Å². The number of hydrogen-bond donors (Lipinski definition) is 0. The summed E-state index contributed by atoms with van der Waals surface area (Å²) in [6, 6.07) is 5.83. The highest BCUT2D eigenvalue weighted by molar-refractivity contribution is 6.04. The Morgan fingerprint density at radius 2 is 0.694 bits per heavy atom. The average Bonchev–Trinajstić information content (AvgIpc) is 2.95. The third kappa shape index (κ3) is 6.12. The van der Waals surface area contributed by atoms with Crippen LogP contribution in [0.1, 0.15) is 127 Å². The average molecular weight is 496 g/mol. The highest BCUT2D eigenvalue weighted by Crippen LogP contribution is 2.27. The van der Waals surface area contributed by atoms with Gasteiger partial charge in [0.05, 0.1) is 0 Å². The van der Waals surface area contributed by atoms with Crippen molar-refractivity contribution in [2.24, 2.45) is 0 Å². The maximum absolute atomic E-state index is 13.6. The Bertz CT molecular complexity index is 796. The molecule has 0 unspecified atom stereocenters. The smallest absolute Gasteiger partial charge is 0.253 e. The van der Waals surface area contributed by atoms with Gasteiger partial charge in [-0.15, -0.1) is 0 Å². The van der Waals surface area contributed by atoms with Crippen molar-refractivity contribution in [2.45, 2.75) is 114 Å². The molecular weight excluding hydrogens is 450 g/mol. The van der Waals surface area contributed by atoms with E-state index in [0.29, 0.717) is 16.7 Å². The predicted octanol–water partition coefficient (Wildman–Crippen LogP) is 5.90. The molecule has 6 heteroatoms. The Labute approximate surface area is 217 Å². The van der Waals surface area contributed by atoms with Gasteiger partial charge in [0.1, 0.15) is 0 Å². The molecule has 0 aromatic heterocycles. The minimum absolute atomic E-state index is 0.0914. The van der Waals surface area contributed by atoms with Gasteiger partial charge in [0.15, 0.2) is 0 Å². The first kappa shape index (κ1) is 26.7. The van der Waals surface area contributed by atoms with E-state index >= 15 is 0 Å². The van der Waals surface area contributed by atoms with E-state index in [1.165, 1.54) is 19.3 Å². The van der Waals surface area contributed by atoms with Gasteiger partial charge in [-0.05, 0) is 56.7 Å². The van der Waals surface area contributed by atoms with Gasteiger partial charge in [-0.3, -0.25) is 14.4 Å². The van der Waals surface area contributed by atoms with E-state index in [1.807, 2.05) is 35.8 Å². The molecule has 3 aliphatic carbocycles. The summed E-state index contributed by atoms with van der Waals surface area (Å²) in [5.74, 6) is -0.274. The molecule has 6 nitrogen and oxygen atoms in total. The Morgan fingerprint density at radius 3 is 0.917 bits per heavy atom. The summed E-state index contributed by atoms with van der Waals surface area (Å²) >= 11 is 0. The first-order valence-corrected chi connectivity index (χ1v) is 14.3. The molecule has 3 fully saturated rings. The van der Waals surface area contributed by atoms with Crippen LogP contribution in [0.4, 0.5) is 0 Å². The van der Waals surface area contributed by atoms with Crippen LogP contribution in [0, 0.1) is 0 Å². The lowest BCUT2D eigenvalue weighted by molar-refractivity contribution is 0.0692. The summed E-state index contributed by atoms with van der Waals surface area (Å²) in [5, 5.41) is 0. The zero-order chi connectivity index (χ0) is 25.7. The summed E-state index contributed by atoms with van der Waals surface area (Å²) < 4.78 is 0. The molecular formula is C30H45N3O3. The molecule has 3 aliphatic rings. The SMILES string of the molecule is CN(C(=O)c1cc(C(=O)N(C)C2CCCCC2)cc(C(=O)N(C)C2CCCCC2)c1)C1CCCCC1. The highest BCUT2D eigenvalue weighted by Gasteiger charge is 2.29. The van der Waals surface area contributed by atoms with Crippen LogP contribution in [0.25, 0.3) is 0 Å². The standard InChI is InChI=1S/C30H45N3O3/c1-31(25-13-7-4-8-14-25)28(34)22-19-23(29(35)32(2)26-15-9-5-10-16-26)21-24(20-22)30(36)33(3)27-17-11-6-12-18-27/h19-21,25-27H,4-18H2,1-3H3. The van der Waals surface area contributed by atoms with Gasteiger partial charge in [-0.25, -0.2) is 0 Å². The van der Waals surface area contributed by atoms with Gasteiger partial charge in [0.25, 0.3) is 17.7 Å². The Morgan fingerprint density at radius 1 is 0.472 bits per heavy atom. The quantitative estimate of drug-likeness (QED) is 0.494. The third-order valence-electron chi connectivity index (χ3n) is 9.00. The molecule has 36 heavy (non-hydrogen) atoms. The summed E-state index contributed by atoms with van der Waals surface area (Å²) in [6.07, 6.45) is 16.6. The van der Waals surface area contributed by atoms with Crippen molar-refractivity contribution >= 4 is 17.7 Å². The van der Waals surface area contributed by atoms with Gasteiger partial charge in [-0.1, -0.05) is 57.8 Å². The van der Waals surface area contributed by atoms with Crippen LogP contribution in [-0.2, 0) is 0 Å². The number of hydrogen-bond acceptors (Lipinski definition) is 3. The maximum Gasteiger partial charge on any atom is 0.253 e. The highest BCUT2D eigenvalue weighted by atomic mass is 16.2. The molecule has 0 bridgehead atoms. The molecule has 0 N–H and O–H groups in total. The number of amides is 3. The zero-order valence-electron chi connectivity index (χ0n) is 22.6. The number of carbonyl (C=O) groups is 3. The molecule has 0 saturated heterocycles. The van der Waals surface area contributed by atoms with E-state index in [1.54, 1.807) is 18.2 Å². The fourth-order valence-corrected chi connectivity index (χ4v) is 6.51. The first-order chi connectivity index (χ1) is 17.4. The van der Waals surface area contributed by atoms with Crippen molar-refractivity contribution in [3.05, 3.63) is 34.9 Å². The molecule has 0 radical (unpaired) electrons. The van der Waals surface area contributed by atoms with Crippen molar-refractivity contribution in [1.29, 1.82) is 0 Å². The van der Waals surface area contributed by atoms with E-state index in [4.69, 9.17) is 0 Å². The lowest BCUT2D eigenvalue weighted by atomic mass is 9.92. The summed E-state index contributed by atoms with van der Waals surface area (Å²) in [7, 11) is 5.61. The van der Waals surface area contributed by atoms with Crippen molar-refractivity contribution in [2.75, 3.05) is 21.1 Å². The summed E-state index contributed by atoms with van der Waals surface area (Å²) in [5.41, 5.74) is 1.35. The first-order valence-electron chi connectivity index (χ1n) is 14.3. The third-order valence-corrected chi connectivity index (χ3v) is 9.00. The number of rotatable bonds is 6. The summed E-state index contributed by atoms with van der Waals surface area (Å²) in [4.78, 5) is 46.4. The van der Waals surface area contributed by atoms with Crippen LogP contribution < -0.4 is 0 Å². The van der Waals surface area contributed by atoms with Gasteiger partial charge in [-0.2, -0.15) is 0 Å². The van der Waals surface area contributed by atoms with Crippen LogP contribution in [0.5, 0.6) is 0 Å². The number of benzene rings is 1. The van der Waals surface area contributed by atoms with E-state index in [2.05, 4.69) is 0 Å².